The molecule has 1 saturated heterocycles. The summed E-state index contributed by atoms with van der Waals surface area (Å²) >= 11 is 1.78. The van der Waals surface area contributed by atoms with Crippen molar-refractivity contribution in [2.75, 3.05) is 42.2 Å². The first-order chi connectivity index (χ1) is 15.6. The molecular formula is C23H27N5O2S2. The molecule has 32 heavy (non-hydrogen) atoms. The summed E-state index contributed by atoms with van der Waals surface area (Å²) in [7, 11) is -1.06. The van der Waals surface area contributed by atoms with Crippen LogP contribution in [0.5, 0.6) is 0 Å². The van der Waals surface area contributed by atoms with E-state index in [1.807, 2.05) is 0 Å². The number of piperidine rings is 1. The van der Waals surface area contributed by atoms with E-state index in [9.17, 15) is 9.32 Å². The fraction of sp³-hybridized carbons (Fsp3) is 0.522. The van der Waals surface area contributed by atoms with Crippen LogP contribution in [0.4, 0.5) is 11.8 Å². The zero-order valence-electron chi connectivity index (χ0n) is 17.9. The predicted molar refractivity (Wildman–Crippen MR) is 129 cm³/mol. The molecule has 6 rings (SSSR count). The second-order valence-electron chi connectivity index (χ2n) is 9.16. The number of aliphatic hydroxyl groups excluding tert-OH is 1. The van der Waals surface area contributed by atoms with Crippen LogP contribution in [0.25, 0.3) is 5.57 Å². The van der Waals surface area contributed by atoms with Crippen molar-refractivity contribution in [2.24, 2.45) is 10.9 Å². The summed E-state index contributed by atoms with van der Waals surface area (Å²) in [5, 5.41) is 15.3. The fourth-order valence-corrected chi connectivity index (χ4v) is 6.86. The van der Waals surface area contributed by atoms with Gasteiger partial charge in [-0.2, -0.15) is 4.98 Å². The summed E-state index contributed by atoms with van der Waals surface area (Å²) in [5.74, 6) is 2.47. The van der Waals surface area contributed by atoms with Crippen LogP contribution in [-0.2, 0) is 17.2 Å². The SMILES string of the molecule is O=S1CCc2nc(N3CCC(C4=NCC(c5cccs5)=C4)CC3)nc(NC3(CO)CC3)c21. The van der Waals surface area contributed by atoms with Gasteiger partial charge in [-0.25, -0.2) is 4.98 Å². The lowest BCUT2D eigenvalue weighted by Crippen LogP contribution is -2.37. The molecule has 2 aromatic heterocycles. The normalized spacial score (nSPS) is 24.3. The van der Waals surface area contributed by atoms with Crippen LogP contribution in [0.2, 0.25) is 0 Å². The minimum Gasteiger partial charge on any atom is -0.394 e. The van der Waals surface area contributed by atoms with Gasteiger partial charge < -0.3 is 15.3 Å². The molecule has 4 aliphatic rings. The van der Waals surface area contributed by atoms with Crippen molar-refractivity contribution in [1.29, 1.82) is 0 Å². The molecule has 2 aromatic rings. The van der Waals surface area contributed by atoms with Crippen LogP contribution in [0.1, 0.15) is 36.3 Å². The summed E-state index contributed by atoms with van der Waals surface area (Å²) < 4.78 is 12.6. The van der Waals surface area contributed by atoms with Crippen LogP contribution in [0, 0.1) is 5.92 Å². The van der Waals surface area contributed by atoms with E-state index < -0.39 is 10.8 Å². The number of allylic oxidation sites excluding steroid dienone is 1. The molecule has 0 aromatic carbocycles. The minimum atomic E-state index is -1.06. The van der Waals surface area contributed by atoms with Gasteiger partial charge in [0.25, 0.3) is 0 Å². The number of anilines is 2. The van der Waals surface area contributed by atoms with E-state index in [4.69, 9.17) is 15.0 Å². The molecule has 5 heterocycles. The molecule has 2 N–H and O–H groups in total. The van der Waals surface area contributed by atoms with Crippen LogP contribution >= 0.6 is 11.3 Å². The van der Waals surface area contributed by atoms with Gasteiger partial charge >= 0.3 is 0 Å². The Balaban J connectivity index is 1.18. The van der Waals surface area contributed by atoms with Crippen molar-refractivity contribution in [3.8, 4) is 0 Å². The molecule has 0 spiro atoms. The Bertz CT molecular complexity index is 1120. The van der Waals surface area contributed by atoms with Gasteiger partial charge in [-0.15, -0.1) is 11.3 Å². The van der Waals surface area contributed by atoms with Gasteiger partial charge in [-0.05, 0) is 48.8 Å². The fourth-order valence-electron chi connectivity index (χ4n) is 4.81. The van der Waals surface area contributed by atoms with Gasteiger partial charge in [-0.3, -0.25) is 9.20 Å². The van der Waals surface area contributed by atoms with Crippen molar-refractivity contribution in [3.05, 3.63) is 34.2 Å². The predicted octanol–water partition coefficient (Wildman–Crippen LogP) is 2.89. The Morgan fingerprint density at radius 2 is 2.12 bits per heavy atom. The van der Waals surface area contributed by atoms with E-state index in [-0.39, 0.29) is 12.1 Å². The van der Waals surface area contributed by atoms with E-state index in [0.29, 0.717) is 17.5 Å². The highest BCUT2D eigenvalue weighted by molar-refractivity contribution is 7.85. The minimum absolute atomic E-state index is 0.0717. The Labute approximate surface area is 194 Å². The molecule has 0 bridgehead atoms. The molecule has 1 unspecified atom stereocenters. The number of aryl methyl sites for hydroxylation is 1. The van der Waals surface area contributed by atoms with Gasteiger partial charge in [0, 0.05) is 41.8 Å². The molecule has 9 heteroatoms. The second kappa shape index (κ2) is 8.04. The third-order valence-electron chi connectivity index (χ3n) is 7.00. The largest absolute Gasteiger partial charge is 0.394 e. The molecule has 168 valence electrons. The first-order valence-electron chi connectivity index (χ1n) is 11.4. The highest BCUT2D eigenvalue weighted by Crippen LogP contribution is 2.41. The van der Waals surface area contributed by atoms with Gasteiger partial charge in [-0.1, -0.05) is 6.07 Å². The van der Waals surface area contributed by atoms with Crippen LogP contribution in [0.3, 0.4) is 0 Å². The van der Waals surface area contributed by atoms with E-state index in [1.54, 1.807) is 11.3 Å². The van der Waals surface area contributed by atoms with Gasteiger partial charge in [0.05, 0.1) is 35.2 Å². The molecule has 0 amide bonds. The lowest BCUT2D eigenvalue weighted by atomic mass is 9.91. The van der Waals surface area contributed by atoms with E-state index in [0.717, 1.165) is 68.3 Å². The maximum atomic E-state index is 12.6. The molecule has 0 radical (unpaired) electrons. The number of hydrogen-bond acceptors (Lipinski definition) is 8. The van der Waals surface area contributed by atoms with Crippen molar-refractivity contribution >= 4 is 45.2 Å². The monoisotopic (exact) mass is 469 g/mol. The zero-order valence-corrected chi connectivity index (χ0v) is 19.6. The summed E-state index contributed by atoms with van der Waals surface area (Å²) in [4.78, 5) is 18.8. The number of aliphatic imine (C=N–C) groups is 1. The standard InChI is InChI=1S/C23H27N5O2S2/c29-14-23(6-7-23)27-21-20-17(5-11-32(20)30)25-22(26-21)28-8-3-15(4-9-28)18-12-16(13-24-18)19-2-1-10-31-19/h1-2,10,12,15,29H,3-9,11,13-14H2,(H,25,26,27). The van der Waals surface area contributed by atoms with Crippen molar-refractivity contribution < 1.29 is 9.32 Å². The van der Waals surface area contributed by atoms with Crippen LogP contribution in [0.15, 0.2) is 33.5 Å². The zero-order chi connectivity index (χ0) is 21.7. The van der Waals surface area contributed by atoms with Crippen molar-refractivity contribution in [1.82, 2.24) is 9.97 Å². The molecule has 3 aliphatic heterocycles. The summed E-state index contributed by atoms with van der Waals surface area (Å²) in [6.45, 7) is 2.64. The number of fused-ring (bicyclic) bond motifs is 1. The third kappa shape index (κ3) is 3.70. The number of aliphatic hydroxyl groups is 1. The number of aromatic nitrogens is 2. The number of nitrogens with zero attached hydrogens (tertiary/aromatic N) is 4. The second-order valence-corrected chi connectivity index (χ2v) is 11.6. The highest BCUT2D eigenvalue weighted by atomic mass is 32.2. The molecule has 1 saturated carbocycles. The lowest BCUT2D eigenvalue weighted by molar-refractivity contribution is 0.265. The Hall–Kier alpha value is -2.10. The van der Waals surface area contributed by atoms with Crippen LogP contribution < -0.4 is 10.2 Å². The maximum absolute atomic E-state index is 12.6. The quantitative estimate of drug-likeness (QED) is 0.676. The topological polar surface area (TPSA) is 90.7 Å². The first kappa shape index (κ1) is 20.5. The first-order valence-corrected chi connectivity index (χ1v) is 13.6. The van der Waals surface area contributed by atoms with E-state index in [2.05, 4.69) is 33.8 Å². The number of hydrogen-bond donors (Lipinski definition) is 2. The van der Waals surface area contributed by atoms with Gasteiger partial charge in [0.15, 0.2) is 0 Å². The molecular weight excluding hydrogens is 442 g/mol. The number of rotatable bonds is 6. The van der Waals surface area contributed by atoms with Crippen molar-refractivity contribution in [2.45, 2.75) is 42.5 Å². The number of thiophene rings is 1. The average molecular weight is 470 g/mol. The average Bonchev–Trinajstić information content (AvgIpc) is 3.23. The summed E-state index contributed by atoms with van der Waals surface area (Å²) in [6, 6.07) is 4.27. The summed E-state index contributed by atoms with van der Waals surface area (Å²) in [6.07, 6.45) is 6.91. The van der Waals surface area contributed by atoms with E-state index in [1.165, 1.54) is 16.2 Å². The Morgan fingerprint density at radius 1 is 1.28 bits per heavy atom. The molecule has 1 atom stereocenters. The Morgan fingerprint density at radius 3 is 2.84 bits per heavy atom. The van der Waals surface area contributed by atoms with E-state index >= 15 is 0 Å². The maximum Gasteiger partial charge on any atom is 0.227 e. The lowest BCUT2D eigenvalue weighted by Gasteiger charge is -2.32. The number of nitrogens with one attached hydrogen (secondary N) is 1. The Kier molecular flexibility index (Phi) is 5.15. The van der Waals surface area contributed by atoms with Gasteiger partial charge in [0.1, 0.15) is 10.7 Å². The highest BCUT2D eigenvalue weighted by Gasteiger charge is 2.44. The van der Waals surface area contributed by atoms with Crippen molar-refractivity contribution in [3.63, 3.8) is 0 Å². The molecule has 1 aliphatic carbocycles. The van der Waals surface area contributed by atoms with Gasteiger partial charge in [0.2, 0.25) is 5.95 Å². The molecule has 7 nitrogen and oxygen atoms in total. The molecule has 2 fully saturated rings. The third-order valence-corrected chi connectivity index (χ3v) is 9.41. The summed E-state index contributed by atoms with van der Waals surface area (Å²) in [5.41, 5.74) is 3.17. The smallest absolute Gasteiger partial charge is 0.227 e. The van der Waals surface area contributed by atoms with Crippen LogP contribution in [-0.4, -0.2) is 62.5 Å².